The summed E-state index contributed by atoms with van der Waals surface area (Å²) in [5.41, 5.74) is 0. The first-order valence-corrected chi connectivity index (χ1v) is 9.92. The maximum Gasteiger partial charge on any atom is 0.190 e. The van der Waals surface area contributed by atoms with Crippen molar-refractivity contribution in [3.8, 4) is 0 Å². The number of hydrogen-bond donors (Lipinski definition) is 4. The van der Waals surface area contributed by atoms with Gasteiger partial charge in [-0.05, 0) is 19.1 Å². The van der Waals surface area contributed by atoms with E-state index in [0.717, 1.165) is 18.9 Å². The molecule has 1 aliphatic heterocycles. The summed E-state index contributed by atoms with van der Waals surface area (Å²) in [6, 6.07) is 0.929. The van der Waals surface area contributed by atoms with Gasteiger partial charge < -0.3 is 29.6 Å². The van der Waals surface area contributed by atoms with Crippen LogP contribution in [0, 0.1) is 0 Å². The van der Waals surface area contributed by atoms with Gasteiger partial charge in [0.1, 0.15) is 24.4 Å². The van der Waals surface area contributed by atoms with Crippen molar-refractivity contribution in [1.82, 2.24) is 0 Å². The minimum absolute atomic E-state index is 0.429. The van der Waals surface area contributed by atoms with Crippen molar-refractivity contribution in [3.63, 3.8) is 0 Å². The topological polar surface area (TPSA) is 99.4 Å². The number of ether oxygens (including phenoxy) is 1. The summed E-state index contributed by atoms with van der Waals surface area (Å²) in [5.74, 6) is 0. The molecule has 5 atom stereocenters. The van der Waals surface area contributed by atoms with Crippen LogP contribution in [0.15, 0.2) is 0 Å². The normalized spacial score (nSPS) is 36.5. The van der Waals surface area contributed by atoms with Gasteiger partial charge in [-0.25, -0.2) is 0 Å². The summed E-state index contributed by atoms with van der Waals surface area (Å²) >= 11 is 0. The Bertz CT molecular complexity index is 273. The SMILES string of the molecule is CCCC[Si](C)(C)OC1OC(CO)C(O)C(O)C1O. The molecule has 1 rings (SSSR count). The van der Waals surface area contributed by atoms with E-state index in [9.17, 15) is 15.3 Å². The first kappa shape index (κ1) is 17.0. The number of rotatable bonds is 6. The van der Waals surface area contributed by atoms with Crippen LogP contribution in [-0.4, -0.2) is 66.1 Å². The van der Waals surface area contributed by atoms with Crippen molar-refractivity contribution in [1.29, 1.82) is 0 Å². The fraction of sp³-hybridized carbons (Fsp3) is 1.00. The minimum Gasteiger partial charge on any atom is -0.394 e. The number of hydrogen-bond acceptors (Lipinski definition) is 6. The highest BCUT2D eigenvalue weighted by molar-refractivity contribution is 6.71. The Morgan fingerprint density at radius 1 is 1.11 bits per heavy atom. The third-order valence-corrected chi connectivity index (χ3v) is 5.84. The Morgan fingerprint density at radius 3 is 2.26 bits per heavy atom. The van der Waals surface area contributed by atoms with E-state index < -0.39 is 45.6 Å². The molecule has 19 heavy (non-hydrogen) atoms. The van der Waals surface area contributed by atoms with Crippen LogP contribution in [0.25, 0.3) is 0 Å². The molecule has 0 aromatic heterocycles. The Balaban J connectivity index is 2.65. The predicted molar refractivity (Wildman–Crippen MR) is 72.0 cm³/mol. The Labute approximate surface area is 115 Å². The Morgan fingerprint density at radius 2 is 1.74 bits per heavy atom. The van der Waals surface area contributed by atoms with Gasteiger partial charge in [-0.15, -0.1) is 0 Å². The molecule has 7 heteroatoms. The van der Waals surface area contributed by atoms with Gasteiger partial charge in [0, 0.05) is 0 Å². The van der Waals surface area contributed by atoms with E-state index in [4.69, 9.17) is 14.3 Å². The van der Waals surface area contributed by atoms with Gasteiger partial charge in [0.2, 0.25) is 0 Å². The summed E-state index contributed by atoms with van der Waals surface area (Å²) in [7, 11) is -2.01. The van der Waals surface area contributed by atoms with Crippen LogP contribution in [0.5, 0.6) is 0 Å². The van der Waals surface area contributed by atoms with E-state index in [1.807, 2.05) is 13.1 Å². The quantitative estimate of drug-likeness (QED) is 0.507. The first-order valence-electron chi connectivity index (χ1n) is 6.80. The van der Waals surface area contributed by atoms with Crippen molar-refractivity contribution in [3.05, 3.63) is 0 Å². The van der Waals surface area contributed by atoms with Gasteiger partial charge in [-0.1, -0.05) is 19.8 Å². The molecular weight excluding hydrogens is 268 g/mol. The van der Waals surface area contributed by atoms with Gasteiger partial charge in [0.15, 0.2) is 14.6 Å². The van der Waals surface area contributed by atoms with Crippen LogP contribution in [0.4, 0.5) is 0 Å². The second-order valence-electron chi connectivity index (χ2n) is 5.68. The fourth-order valence-corrected chi connectivity index (χ4v) is 4.29. The van der Waals surface area contributed by atoms with Crippen LogP contribution in [0.1, 0.15) is 19.8 Å². The largest absolute Gasteiger partial charge is 0.394 e. The molecule has 1 fully saturated rings. The summed E-state index contributed by atoms with van der Waals surface area (Å²) in [5, 5.41) is 38.4. The smallest absolute Gasteiger partial charge is 0.190 e. The monoisotopic (exact) mass is 294 g/mol. The van der Waals surface area contributed by atoms with Crippen molar-refractivity contribution in [2.75, 3.05) is 6.61 Å². The zero-order chi connectivity index (χ0) is 14.6. The van der Waals surface area contributed by atoms with E-state index in [2.05, 4.69) is 6.92 Å². The Kier molecular flexibility index (Phi) is 6.38. The number of unbranched alkanes of at least 4 members (excludes halogenated alkanes) is 1. The van der Waals surface area contributed by atoms with Crippen LogP contribution in [0.3, 0.4) is 0 Å². The van der Waals surface area contributed by atoms with Crippen LogP contribution in [0.2, 0.25) is 19.1 Å². The number of aliphatic hydroxyl groups excluding tert-OH is 4. The zero-order valence-corrected chi connectivity index (χ0v) is 12.8. The molecule has 0 spiro atoms. The second kappa shape index (κ2) is 7.12. The average molecular weight is 294 g/mol. The summed E-state index contributed by atoms with van der Waals surface area (Å²) in [4.78, 5) is 0. The maximum absolute atomic E-state index is 9.89. The van der Waals surface area contributed by atoms with Crippen molar-refractivity contribution < 1.29 is 29.6 Å². The molecule has 0 radical (unpaired) electrons. The van der Waals surface area contributed by atoms with Crippen molar-refractivity contribution >= 4 is 8.32 Å². The lowest BCUT2D eigenvalue weighted by molar-refractivity contribution is -0.280. The summed E-state index contributed by atoms with van der Waals surface area (Å²) < 4.78 is 11.2. The van der Waals surface area contributed by atoms with Gasteiger partial charge in [-0.2, -0.15) is 0 Å². The lowest BCUT2D eigenvalue weighted by atomic mass is 10.00. The summed E-state index contributed by atoms with van der Waals surface area (Å²) in [6.45, 7) is 5.70. The lowest BCUT2D eigenvalue weighted by Gasteiger charge is -2.42. The molecule has 6 nitrogen and oxygen atoms in total. The Hall–Kier alpha value is -0.0231. The van der Waals surface area contributed by atoms with Gasteiger partial charge in [0.25, 0.3) is 0 Å². The van der Waals surface area contributed by atoms with E-state index in [0.29, 0.717) is 0 Å². The minimum atomic E-state index is -2.01. The van der Waals surface area contributed by atoms with Crippen molar-refractivity contribution in [2.24, 2.45) is 0 Å². The third kappa shape index (κ3) is 4.49. The van der Waals surface area contributed by atoms with Crippen LogP contribution >= 0.6 is 0 Å². The van der Waals surface area contributed by atoms with Gasteiger partial charge >= 0.3 is 0 Å². The summed E-state index contributed by atoms with van der Waals surface area (Å²) in [6.07, 6.45) is -3.79. The molecular formula is C12H26O6Si. The average Bonchev–Trinajstić information content (AvgIpc) is 2.37. The molecule has 114 valence electrons. The van der Waals surface area contributed by atoms with Crippen LogP contribution in [-0.2, 0) is 9.16 Å². The maximum atomic E-state index is 9.89. The van der Waals surface area contributed by atoms with E-state index >= 15 is 0 Å². The molecule has 5 unspecified atom stereocenters. The van der Waals surface area contributed by atoms with Gasteiger partial charge in [-0.3, -0.25) is 0 Å². The van der Waals surface area contributed by atoms with E-state index in [-0.39, 0.29) is 0 Å². The van der Waals surface area contributed by atoms with E-state index in [1.54, 1.807) is 0 Å². The molecule has 4 N–H and O–H groups in total. The third-order valence-electron chi connectivity index (χ3n) is 3.42. The molecule has 0 aliphatic carbocycles. The molecule has 0 aromatic rings. The molecule has 1 heterocycles. The first-order chi connectivity index (χ1) is 8.82. The van der Waals surface area contributed by atoms with E-state index in [1.165, 1.54) is 0 Å². The second-order valence-corrected chi connectivity index (χ2v) is 9.93. The highest BCUT2D eigenvalue weighted by atomic mass is 28.4. The molecule has 1 aliphatic rings. The number of aliphatic hydroxyl groups is 4. The lowest BCUT2D eigenvalue weighted by Crippen LogP contribution is -2.60. The molecule has 0 aromatic carbocycles. The highest BCUT2D eigenvalue weighted by Crippen LogP contribution is 2.26. The standard InChI is InChI=1S/C12H26O6Si/c1-4-5-6-19(2,3)18-12-11(16)10(15)9(14)8(7-13)17-12/h8-16H,4-7H2,1-3H3. The molecule has 0 bridgehead atoms. The van der Waals surface area contributed by atoms with Crippen LogP contribution < -0.4 is 0 Å². The molecule has 1 saturated heterocycles. The zero-order valence-electron chi connectivity index (χ0n) is 11.8. The highest BCUT2D eigenvalue weighted by Gasteiger charge is 2.45. The molecule has 0 amide bonds. The van der Waals surface area contributed by atoms with Crippen molar-refractivity contribution in [2.45, 2.75) is 69.6 Å². The van der Waals surface area contributed by atoms with Gasteiger partial charge in [0.05, 0.1) is 6.61 Å². The fourth-order valence-electron chi connectivity index (χ4n) is 2.14. The predicted octanol–water partition coefficient (Wildman–Crippen LogP) is -0.192. The molecule has 0 saturated carbocycles.